The van der Waals surface area contributed by atoms with E-state index in [2.05, 4.69) is 10.6 Å². The maximum Gasteiger partial charge on any atom is 0.293 e. The van der Waals surface area contributed by atoms with Gasteiger partial charge >= 0.3 is 0 Å². The molecule has 8 nitrogen and oxygen atoms in total. The Hall–Kier alpha value is -1.71. The molecule has 0 saturated carbocycles. The van der Waals surface area contributed by atoms with Crippen molar-refractivity contribution in [2.24, 2.45) is 0 Å². The van der Waals surface area contributed by atoms with E-state index < -0.39 is 14.9 Å². The Labute approximate surface area is 124 Å². The fraction of sp³-hybridized carbons (Fsp3) is 0.500. The molecule has 0 aliphatic carbocycles. The van der Waals surface area contributed by atoms with Crippen molar-refractivity contribution in [3.8, 4) is 0 Å². The van der Waals surface area contributed by atoms with E-state index in [1.807, 2.05) is 6.92 Å². The zero-order chi connectivity index (χ0) is 16.0. The summed E-state index contributed by atoms with van der Waals surface area (Å²) in [6.07, 6.45) is 0. The van der Waals surface area contributed by atoms with Crippen LogP contribution in [-0.2, 0) is 10.0 Å². The van der Waals surface area contributed by atoms with Gasteiger partial charge in [-0.25, -0.2) is 12.7 Å². The summed E-state index contributed by atoms with van der Waals surface area (Å²) in [6, 6.07) is 3.85. The molecule has 0 heterocycles. The smallest absolute Gasteiger partial charge is 0.293 e. The van der Waals surface area contributed by atoms with Crippen molar-refractivity contribution >= 4 is 21.4 Å². The molecule has 2 N–H and O–H groups in total. The van der Waals surface area contributed by atoms with E-state index in [0.717, 1.165) is 16.9 Å². The molecular formula is C12H20N4O4S. The fourth-order valence-corrected chi connectivity index (χ4v) is 2.57. The van der Waals surface area contributed by atoms with Crippen molar-refractivity contribution in [2.45, 2.75) is 11.8 Å². The van der Waals surface area contributed by atoms with Crippen molar-refractivity contribution < 1.29 is 13.3 Å². The molecule has 21 heavy (non-hydrogen) atoms. The molecule has 0 amide bonds. The second-order valence-corrected chi connectivity index (χ2v) is 6.66. The third-order valence-electron chi connectivity index (χ3n) is 2.81. The van der Waals surface area contributed by atoms with Gasteiger partial charge in [-0.3, -0.25) is 10.1 Å². The van der Waals surface area contributed by atoms with E-state index in [9.17, 15) is 18.5 Å². The van der Waals surface area contributed by atoms with Crippen LogP contribution in [0.1, 0.15) is 6.92 Å². The number of likely N-dealkylation sites (N-methyl/N-ethyl adjacent to an activating group) is 1. The molecule has 0 bridgehead atoms. The highest BCUT2D eigenvalue weighted by Gasteiger charge is 2.22. The summed E-state index contributed by atoms with van der Waals surface area (Å²) in [5.74, 6) is 0. The van der Waals surface area contributed by atoms with Crippen LogP contribution >= 0.6 is 0 Å². The van der Waals surface area contributed by atoms with Gasteiger partial charge in [-0.05, 0) is 18.7 Å². The summed E-state index contributed by atoms with van der Waals surface area (Å²) in [6.45, 7) is 3.94. The fourth-order valence-electron chi connectivity index (χ4n) is 1.65. The number of hydrogen-bond acceptors (Lipinski definition) is 6. The molecule has 0 atom stereocenters. The Balaban J connectivity index is 3.06. The van der Waals surface area contributed by atoms with E-state index in [0.29, 0.717) is 18.8 Å². The van der Waals surface area contributed by atoms with E-state index in [1.54, 1.807) is 0 Å². The third-order valence-corrected chi connectivity index (χ3v) is 4.62. The van der Waals surface area contributed by atoms with Gasteiger partial charge in [0.1, 0.15) is 5.69 Å². The Morgan fingerprint density at radius 3 is 2.48 bits per heavy atom. The van der Waals surface area contributed by atoms with Crippen LogP contribution in [-0.4, -0.2) is 51.4 Å². The van der Waals surface area contributed by atoms with E-state index in [4.69, 9.17) is 0 Å². The van der Waals surface area contributed by atoms with Crippen LogP contribution in [0.3, 0.4) is 0 Å². The zero-order valence-corrected chi connectivity index (χ0v) is 13.1. The van der Waals surface area contributed by atoms with Crippen LogP contribution in [0.15, 0.2) is 23.1 Å². The number of hydrogen-bond donors (Lipinski definition) is 2. The molecule has 0 unspecified atom stereocenters. The molecule has 0 fully saturated rings. The maximum absolute atomic E-state index is 12.0. The van der Waals surface area contributed by atoms with Gasteiger partial charge in [0, 0.05) is 33.3 Å². The van der Waals surface area contributed by atoms with Crippen LogP contribution in [0.4, 0.5) is 11.4 Å². The molecule has 0 radical (unpaired) electrons. The van der Waals surface area contributed by atoms with Crippen LogP contribution in [0, 0.1) is 10.1 Å². The molecule has 1 aromatic rings. The lowest BCUT2D eigenvalue weighted by atomic mass is 10.2. The molecule has 0 aliphatic rings. The summed E-state index contributed by atoms with van der Waals surface area (Å²) in [5.41, 5.74) is 0.0463. The van der Waals surface area contributed by atoms with Crippen molar-refractivity contribution in [1.82, 2.24) is 9.62 Å². The van der Waals surface area contributed by atoms with Crippen molar-refractivity contribution in [1.29, 1.82) is 0 Å². The Kier molecular flexibility index (Phi) is 6.06. The summed E-state index contributed by atoms with van der Waals surface area (Å²) < 4.78 is 25.0. The number of sulfonamides is 1. The van der Waals surface area contributed by atoms with Gasteiger partial charge in [0.05, 0.1) is 9.82 Å². The minimum absolute atomic E-state index is 0.101. The quantitative estimate of drug-likeness (QED) is 0.419. The first-order valence-corrected chi connectivity index (χ1v) is 7.90. The molecule has 1 rings (SSSR count). The Bertz CT molecular complexity index is 601. The van der Waals surface area contributed by atoms with Gasteiger partial charge < -0.3 is 10.6 Å². The van der Waals surface area contributed by atoms with E-state index >= 15 is 0 Å². The van der Waals surface area contributed by atoms with Crippen LogP contribution in [0.5, 0.6) is 0 Å². The largest absolute Gasteiger partial charge is 0.378 e. The highest BCUT2D eigenvalue weighted by molar-refractivity contribution is 7.89. The molecule has 0 aliphatic heterocycles. The average Bonchev–Trinajstić information content (AvgIpc) is 2.43. The van der Waals surface area contributed by atoms with Crippen molar-refractivity contribution in [3.63, 3.8) is 0 Å². The second-order valence-electron chi connectivity index (χ2n) is 4.50. The first-order chi connectivity index (χ1) is 9.80. The zero-order valence-electron chi connectivity index (χ0n) is 12.3. The molecule has 9 heteroatoms. The normalized spacial score (nSPS) is 11.6. The molecule has 0 saturated heterocycles. The number of rotatable bonds is 8. The number of nitrogens with zero attached hydrogens (tertiary/aromatic N) is 2. The number of anilines is 1. The monoisotopic (exact) mass is 316 g/mol. The van der Waals surface area contributed by atoms with Crippen molar-refractivity contribution in [2.75, 3.05) is 39.0 Å². The lowest BCUT2D eigenvalue weighted by Crippen LogP contribution is -2.23. The molecule has 118 valence electrons. The first-order valence-electron chi connectivity index (χ1n) is 6.46. The molecule has 0 spiro atoms. The first kappa shape index (κ1) is 17.3. The van der Waals surface area contributed by atoms with E-state index in [-0.39, 0.29) is 10.6 Å². The van der Waals surface area contributed by atoms with Gasteiger partial charge in [0.2, 0.25) is 10.0 Å². The Morgan fingerprint density at radius 2 is 1.95 bits per heavy atom. The summed E-state index contributed by atoms with van der Waals surface area (Å²) in [5, 5.41) is 17.1. The number of nitro groups is 1. The second kappa shape index (κ2) is 7.34. The van der Waals surface area contributed by atoms with Crippen molar-refractivity contribution in [3.05, 3.63) is 28.3 Å². The minimum Gasteiger partial charge on any atom is -0.378 e. The van der Waals surface area contributed by atoms with E-state index in [1.165, 1.54) is 26.2 Å². The van der Waals surface area contributed by atoms with Crippen LogP contribution in [0.2, 0.25) is 0 Å². The molecule has 1 aromatic carbocycles. The van der Waals surface area contributed by atoms with Gasteiger partial charge in [0.25, 0.3) is 5.69 Å². The summed E-state index contributed by atoms with van der Waals surface area (Å²) >= 11 is 0. The highest BCUT2D eigenvalue weighted by Crippen LogP contribution is 2.28. The molecular weight excluding hydrogens is 296 g/mol. The number of nitro benzene ring substituents is 1. The van der Waals surface area contributed by atoms with Crippen LogP contribution in [0.25, 0.3) is 0 Å². The standard InChI is InChI=1S/C12H20N4O4S/c1-4-13-7-8-14-11-6-5-10(9-12(11)16(17)18)21(19,20)15(2)3/h5-6,9,13-14H,4,7-8H2,1-3H3. The average molecular weight is 316 g/mol. The Morgan fingerprint density at radius 1 is 1.29 bits per heavy atom. The third kappa shape index (κ3) is 4.38. The van der Waals surface area contributed by atoms with Gasteiger partial charge in [-0.1, -0.05) is 6.92 Å². The van der Waals surface area contributed by atoms with Gasteiger partial charge in [0.15, 0.2) is 0 Å². The lowest BCUT2D eigenvalue weighted by Gasteiger charge is -2.13. The highest BCUT2D eigenvalue weighted by atomic mass is 32.2. The lowest BCUT2D eigenvalue weighted by molar-refractivity contribution is -0.384. The predicted molar refractivity (Wildman–Crippen MR) is 81.0 cm³/mol. The van der Waals surface area contributed by atoms with Crippen LogP contribution < -0.4 is 10.6 Å². The maximum atomic E-state index is 12.0. The minimum atomic E-state index is -3.69. The SMILES string of the molecule is CCNCCNc1ccc(S(=O)(=O)N(C)C)cc1[N+](=O)[O-]. The van der Waals surface area contributed by atoms with Gasteiger partial charge in [-0.15, -0.1) is 0 Å². The summed E-state index contributed by atoms with van der Waals surface area (Å²) in [4.78, 5) is 10.4. The number of benzene rings is 1. The molecule has 0 aromatic heterocycles. The van der Waals surface area contributed by atoms with Gasteiger partial charge in [-0.2, -0.15) is 0 Å². The number of nitrogens with one attached hydrogen (secondary N) is 2. The summed E-state index contributed by atoms with van der Waals surface area (Å²) in [7, 11) is -0.933. The topological polar surface area (TPSA) is 105 Å². The predicted octanol–water partition coefficient (Wildman–Crippen LogP) is 0.867.